The number of rotatable bonds is 7. The number of allylic oxidation sites excluding steroid dienone is 1. The summed E-state index contributed by atoms with van der Waals surface area (Å²) in [7, 11) is 0. The lowest BCUT2D eigenvalue weighted by molar-refractivity contribution is 0.619. The molecule has 0 aromatic heterocycles. The Morgan fingerprint density at radius 3 is 2.16 bits per heavy atom. The summed E-state index contributed by atoms with van der Waals surface area (Å²) in [5.41, 5.74) is 5.68. The molecule has 0 spiro atoms. The summed E-state index contributed by atoms with van der Waals surface area (Å²) in [4.78, 5) is 0. The second-order valence-electron chi connectivity index (χ2n) is 5.38. The highest BCUT2D eigenvalue weighted by atomic mass is 14.9. The van der Waals surface area contributed by atoms with E-state index in [2.05, 4.69) is 70.1 Å². The molecule has 0 aliphatic carbocycles. The minimum absolute atomic E-state index is 0.255. The number of aryl methyl sites for hydroxylation is 1. The summed E-state index contributed by atoms with van der Waals surface area (Å²) in [6, 6.07) is 8.65. The van der Waals surface area contributed by atoms with E-state index in [4.69, 9.17) is 0 Å². The summed E-state index contributed by atoms with van der Waals surface area (Å²) < 4.78 is 0. The van der Waals surface area contributed by atoms with Gasteiger partial charge in [-0.25, -0.2) is 0 Å². The van der Waals surface area contributed by atoms with E-state index in [0.29, 0.717) is 0 Å². The SMILES string of the molecule is C=C(C)CC[C@H](NC(=C)c1ccc(C)cc1)C(=C)C. The summed E-state index contributed by atoms with van der Waals surface area (Å²) in [6.45, 7) is 18.3. The Morgan fingerprint density at radius 2 is 1.68 bits per heavy atom. The molecule has 0 radical (unpaired) electrons. The van der Waals surface area contributed by atoms with Crippen LogP contribution in [0.2, 0.25) is 0 Å². The number of hydrogen-bond donors (Lipinski definition) is 1. The molecule has 1 nitrogen and oxygen atoms in total. The number of hydrogen-bond acceptors (Lipinski definition) is 1. The van der Waals surface area contributed by atoms with Gasteiger partial charge in [0.25, 0.3) is 0 Å². The molecule has 0 aliphatic heterocycles. The van der Waals surface area contributed by atoms with Crippen molar-refractivity contribution < 1.29 is 0 Å². The van der Waals surface area contributed by atoms with Gasteiger partial charge in [-0.2, -0.15) is 0 Å². The molecule has 102 valence electrons. The van der Waals surface area contributed by atoms with E-state index in [-0.39, 0.29) is 6.04 Å². The molecule has 0 bridgehead atoms. The zero-order valence-electron chi connectivity index (χ0n) is 12.4. The van der Waals surface area contributed by atoms with Crippen LogP contribution in [-0.4, -0.2) is 6.04 Å². The van der Waals surface area contributed by atoms with Crippen LogP contribution in [0.25, 0.3) is 5.70 Å². The summed E-state index contributed by atoms with van der Waals surface area (Å²) >= 11 is 0. The molecule has 1 rings (SSSR count). The molecule has 0 saturated heterocycles. The van der Waals surface area contributed by atoms with Crippen molar-refractivity contribution in [2.75, 3.05) is 0 Å². The van der Waals surface area contributed by atoms with E-state index in [1.54, 1.807) is 0 Å². The van der Waals surface area contributed by atoms with Gasteiger partial charge in [-0.05, 0) is 39.2 Å². The van der Waals surface area contributed by atoms with Gasteiger partial charge in [0.1, 0.15) is 0 Å². The first-order chi connectivity index (χ1) is 8.90. The van der Waals surface area contributed by atoms with Crippen molar-refractivity contribution in [2.45, 2.75) is 39.7 Å². The number of benzene rings is 1. The first kappa shape index (κ1) is 15.3. The molecule has 0 amide bonds. The Balaban J connectivity index is 2.68. The third-order valence-corrected chi connectivity index (χ3v) is 3.20. The fourth-order valence-corrected chi connectivity index (χ4v) is 1.88. The molecule has 19 heavy (non-hydrogen) atoms. The maximum absolute atomic E-state index is 4.13. The Hall–Kier alpha value is -1.76. The maximum Gasteiger partial charge on any atom is 0.0471 e. The molecule has 0 aliphatic rings. The van der Waals surface area contributed by atoms with Crippen molar-refractivity contribution in [1.82, 2.24) is 5.32 Å². The maximum atomic E-state index is 4.13. The van der Waals surface area contributed by atoms with Gasteiger partial charge >= 0.3 is 0 Å². The monoisotopic (exact) mass is 255 g/mol. The first-order valence-corrected chi connectivity index (χ1v) is 6.72. The van der Waals surface area contributed by atoms with E-state index >= 15 is 0 Å². The minimum atomic E-state index is 0.255. The highest BCUT2D eigenvalue weighted by Crippen LogP contribution is 2.16. The van der Waals surface area contributed by atoms with Crippen LogP contribution < -0.4 is 5.32 Å². The van der Waals surface area contributed by atoms with Crippen molar-refractivity contribution in [3.05, 3.63) is 66.3 Å². The second kappa shape index (κ2) is 6.98. The Bertz CT molecular complexity index is 465. The van der Waals surface area contributed by atoms with Crippen LogP contribution in [0, 0.1) is 6.92 Å². The summed E-state index contributed by atoms with van der Waals surface area (Å²) in [6.07, 6.45) is 2.02. The van der Waals surface area contributed by atoms with Gasteiger partial charge in [0, 0.05) is 11.7 Å². The molecule has 1 aromatic carbocycles. The van der Waals surface area contributed by atoms with Crippen LogP contribution in [0.3, 0.4) is 0 Å². The molecule has 0 heterocycles. The highest BCUT2D eigenvalue weighted by Gasteiger charge is 2.10. The predicted molar refractivity (Wildman–Crippen MR) is 86.0 cm³/mol. The lowest BCUT2D eigenvalue weighted by atomic mass is 10.0. The van der Waals surface area contributed by atoms with E-state index < -0.39 is 0 Å². The van der Waals surface area contributed by atoms with Crippen LogP contribution >= 0.6 is 0 Å². The Labute approximate surface area is 117 Å². The third-order valence-electron chi connectivity index (χ3n) is 3.20. The normalized spacial score (nSPS) is 11.7. The second-order valence-corrected chi connectivity index (χ2v) is 5.38. The molecule has 0 fully saturated rings. The van der Waals surface area contributed by atoms with Gasteiger partial charge in [0.2, 0.25) is 0 Å². The molecule has 1 N–H and O–H groups in total. The molecule has 0 saturated carbocycles. The van der Waals surface area contributed by atoms with Crippen LogP contribution in [0.15, 0.2) is 55.1 Å². The minimum Gasteiger partial charge on any atom is -0.379 e. The molecule has 0 unspecified atom stereocenters. The Morgan fingerprint density at radius 1 is 1.11 bits per heavy atom. The molecule has 1 aromatic rings. The molecular formula is C18H25N. The van der Waals surface area contributed by atoms with Crippen LogP contribution in [0.4, 0.5) is 0 Å². The quantitative estimate of drug-likeness (QED) is 0.686. The summed E-state index contributed by atoms with van der Waals surface area (Å²) in [5, 5.41) is 3.47. The lowest BCUT2D eigenvalue weighted by Crippen LogP contribution is -2.28. The summed E-state index contributed by atoms with van der Waals surface area (Å²) in [5.74, 6) is 0. The van der Waals surface area contributed by atoms with E-state index in [1.807, 2.05) is 0 Å². The van der Waals surface area contributed by atoms with Gasteiger partial charge in [-0.15, -0.1) is 6.58 Å². The zero-order chi connectivity index (χ0) is 14.4. The average Bonchev–Trinajstić information content (AvgIpc) is 2.34. The van der Waals surface area contributed by atoms with Gasteiger partial charge in [-0.1, -0.05) is 54.1 Å². The topological polar surface area (TPSA) is 12.0 Å². The third kappa shape index (κ3) is 5.17. The zero-order valence-corrected chi connectivity index (χ0v) is 12.4. The van der Waals surface area contributed by atoms with Gasteiger partial charge in [-0.3, -0.25) is 0 Å². The number of nitrogens with one attached hydrogen (secondary N) is 1. The predicted octanol–water partition coefficient (Wildman–Crippen LogP) is 4.86. The highest BCUT2D eigenvalue weighted by molar-refractivity contribution is 5.62. The van der Waals surface area contributed by atoms with Gasteiger partial charge in [0.05, 0.1) is 0 Å². The fraction of sp³-hybridized carbons (Fsp3) is 0.333. The smallest absolute Gasteiger partial charge is 0.0471 e. The van der Waals surface area contributed by atoms with Crippen LogP contribution in [-0.2, 0) is 0 Å². The van der Waals surface area contributed by atoms with Crippen LogP contribution in [0.1, 0.15) is 37.8 Å². The largest absolute Gasteiger partial charge is 0.379 e. The van der Waals surface area contributed by atoms with Crippen molar-refractivity contribution in [3.8, 4) is 0 Å². The van der Waals surface area contributed by atoms with Crippen molar-refractivity contribution >= 4 is 5.70 Å². The standard InChI is InChI=1S/C18H25N/c1-13(2)7-12-18(14(3)4)19-16(6)17-10-8-15(5)9-11-17/h8-11,18-19H,1,3,6-7,12H2,2,4-5H3/t18-/m0/s1. The van der Waals surface area contributed by atoms with Gasteiger partial charge in [0.15, 0.2) is 0 Å². The van der Waals surface area contributed by atoms with E-state index in [1.165, 1.54) is 11.1 Å². The molecule has 1 atom stereocenters. The van der Waals surface area contributed by atoms with E-state index in [9.17, 15) is 0 Å². The van der Waals surface area contributed by atoms with Crippen molar-refractivity contribution in [2.24, 2.45) is 0 Å². The van der Waals surface area contributed by atoms with Gasteiger partial charge < -0.3 is 5.32 Å². The Kier molecular flexibility index (Phi) is 5.62. The lowest BCUT2D eigenvalue weighted by Gasteiger charge is -2.22. The van der Waals surface area contributed by atoms with E-state index in [0.717, 1.165) is 29.7 Å². The first-order valence-electron chi connectivity index (χ1n) is 6.72. The molecule has 1 heteroatoms. The van der Waals surface area contributed by atoms with Crippen molar-refractivity contribution in [1.29, 1.82) is 0 Å². The van der Waals surface area contributed by atoms with Crippen LogP contribution in [0.5, 0.6) is 0 Å². The molecular weight excluding hydrogens is 230 g/mol. The van der Waals surface area contributed by atoms with Crippen molar-refractivity contribution in [3.63, 3.8) is 0 Å². The fourth-order valence-electron chi connectivity index (χ4n) is 1.88. The average molecular weight is 255 g/mol.